The van der Waals surface area contributed by atoms with Gasteiger partial charge in [0.1, 0.15) is 11.2 Å². The van der Waals surface area contributed by atoms with E-state index < -0.39 is 0 Å². The molecular weight excluding hydrogens is 550 g/mol. The first kappa shape index (κ1) is 27.9. The molecule has 2 aromatic heterocycles. The Morgan fingerprint density at radius 1 is 0.644 bits per heavy atom. The molecule has 5 aromatic carbocycles. The van der Waals surface area contributed by atoms with Crippen LogP contribution in [0.5, 0.6) is 0 Å². The van der Waals surface area contributed by atoms with Crippen LogP contribution < -0.4 is 5.43 Å². The molecule has 0 saturated carbocycles. The molecule has 3 heteroatoms. The monoisotopic (exact) mass is 589 g/mol. The first-order valence-electron chi connectivity index (χ1n) is 16.0. The van der Waals surface area contributed by atoms with Crippen LogP contribution in [-0.2, 0) is 16.2 Å². The molecule has 2 heterocycles. The Morgan fingerprint density at radius 3 is 2.13 bits per heavy atom. The second-order valence-electron chi connectivity index (χ2n) is 15.4. The fourth-order valence-electron chi connectivity index (χ4n) is 7.74. The standard InChI is InChI=1S/C42H39NO2/c1-40(2,3)24-21-31(41(4,5)6)37-35(22-24)45-34-23-25(17-18-29(34)39(37)44)43-32-16-12-10-14-28(32)36-33(43)20-19-27-26-13-9-11-15-30(26)42(7,8)38(27)36/h9-23H,1-8H3. The van der Waals surface area contributed by atoms with Gasteiger partial charge in [-0.1, -0.05) is 110 Å². The third-order valence-electron chi connectivity index (χ3n) is 10.0. The Morgan fingerprint density at radius 2 is 1.38 bits per heavy atom. The molecule has 0 saturated heterocycles. The van der Waals surface area contributed by atoms with Gasteiger partial charge in [0.2, 0.25) is 5.43 Å². The molecule has 0 fully saturated rings. The van der Waals surface area contributed by atoms with E-state index in [1.165, 1.54) is 38.6 Å². The normalized spacial score (nSPS) is 14.5. The summed E-state index contributed by atoms with van der Waals surface area (Å²) in [5, 5.41) is 3.81. The molecule has 1 aliphatic carbocycles. The molecular formula is C42H39NO2. The van der Waals surface area contributed by atoms with Gasteiger partial charge in [0.15, 0.2) is 0 Å². The molecule has 0 N–H and O–H groups in total. The van der Waals surface area contributed by atoms with E-state index in [-0.39, 0.29) is 21.7 Å². The first-order chi connectivity index (χ1) is 21.3. The van der Waals surface area contributed by atoms with E-state index in [1.807, 2.05) is 6.07 Å². The maximum absolute atomic E-state index is 14.2. The first-order valence-corrected chi connectivity index (χ1v) is 16.0. The Balaban J connectivity index is 1.43. The predicted molar refractivity (Wildman–Crippen MR) is 189 cm³/mol. The van der Waals surface area contributed by atoms with Crippen LogP contribution in [0.4, 0.5) is 0 Å². The van der Waals surface area contributed by atoms with Crippen LogP contribution >= 0.6 is 0 Å². The van der Waals surface area contributed by atoms with Crippen molar-refractivity contribution in [3.63, 3.8) is 0 Å². The average Bonchev–Trinajstić information content (AvgIpc) is 3.44. The van der Waals surface area contributed by atoms with E-state index >= 15 is 0 Å². The molecule has 0 amide bonds. The van der Waals surface area contributed by atoms with Crippen molar-refractivity contribution in [3.05, 3.63) is 123 Å². The van der Waals surface area contributed by atoms with Crippen LogP contribution in [0, 0.1) is 0 Å². The van der Waals surface area contributed by atoms with Crippen LogP contribution in [0.1, 0.15) is 77.6 Å². The lowest BCUT2D eigenvalue weighted by Gasteiger charge is -2.26. The summed E-state index contributed by atoms with van der Waals surface area (Å²) in [6.45, 7) is 17.8. The molecule has 1 aliphatic rings. The van der Waals surface area contributed by atoms with Gasteiger partial charge >= 0.3 is 0 Å². The fourth-order valence-corrected chi connectivity index (χ4v) is 7.74. The van der Waals surface area contributed by atoms with Crippen molar-refractivity contribution in [1.82, 2.24) is 4.57 Å². The summed E-state index contributed by atoms with van der Waals surface area (Å²) in [5.74, 6) is 0. The summed E-state index contributed by atoms with van der Waals surface area (Å²) < 4.78 is 9.03. The number of benzene rings is 5. The lowest BCUT2D eigenvalue weighted by Crippen LogP contribution is -2.19. The highest BCUT2D eigenvalue weighted by Crippen LogP contribution is 2.53. The maximum Gasteiger partial charge on any atom is 0.200 e. The van der Waals surface area contributed by atoms with Gasteiger partial charge in [-0.25, -0.2) is 0 Å². The van der Waals surface area contributed by atoms with Crippen molar-refractivity contribution < 1.29 is 4.42 Å². The fraction of sp³-hybridized carbons (Fsp3) is 0.262. The highest BCUT2D eigenvalue weighted by molar-refractivity contribution is 6.14. The Labute approximate surface area is 264 Å². The molecule has 0 radical (unpaired) electrons. The van der Waals surface area contributed by atoms with Crippen molar-refractivity contribution in [2.45, 2.75) is 71.6 Å². The van der Waals surface area contributed by atoms with Gasteiger partial charge in [0.25, 0.3) is 0 Å². The lowest BCUT2D eigenvalue weighted by atomic mass is 9.79. The molecule has 7 aromatic rings. The van der Waals surface area contributed by atoms with Crippen LogP contribution in [0.2, 0.25) is 0 Å². The quantitative estimate of drug-likeness (QED) is 0.179. The van der Waals surface area contributed by atoms with E-state index in [1.54, 1.807) is 0 Å². The van der Waals surface area contributed by atoms with Gasteiger partial charge in [-0.2, -0.15) is 0 Å². The summed E-state index contributed by atoms with van der Waals surface area (Å²) >= 11 is 0. The minimum absolute atomic E-state index is 0.0303. The van der Waals surface area contributed by atoms with Crippen molar-refractivity contribution in [3.8, 4) is 16.8 Å². The van der Waals surface area contributed by atoms with E-state index in [2.05, 4.69) is 145 Å². The second-order valence-corrected chi connectivity index (χ2v) is 15.4. The molecule has 0 bridgehead atoms. The summed E-state index contributed by atoms with van der Waals surface area (Å²) in [6.07, 6.45) is 0. The number of hydrogen-bond donors (Lipinski definition) is 0. The zero-order valence-corrected chi connectivity index (χ0v) is 27.4. The molecule has 224 valence electrons. The molecule has 0 spiro atoms. The minimum atomic E-state index is -0.210. The van der Waals surface area contributed by atoms with E-state index in [4.69, 9.17) is 4.42 Å². The molecule has 0 unspecified atom stereocenters. The summed E-state index contributed by atoms with van der Waals surface area (Å²) in [4.78, 5) is 14.2. The smallest absolute Gasteiger partial charge is 0.200 e. The van der Waals surface area contributed by atoms with E-state index in [0.29, 0.717) is 21.9 Å². The van der Waals surface area contributed by atoms with Crippen LogP contribution in [0.15, 0.2) is 100 Å². The van der Waals surface area contributed by atoms with Crippen LogP contribution in [-0.4, -0.2) is 4.57 Å². The number of hydrogen-bond acceptors (Lipinski definition) is 2. The molecule has 45 heavy (non-hydrogen) atoms. The van der Waals surface area contributed by atoms with Crippen molar-refractivity contribution >= 4 is 43.7 Å². The zero-order chi connectivity index (χ0) is 31.6. The average molecular weight is 590 g/mol. The van der Waals surface area contributed by atoms with Gasteiger partial charge < -0.3 is 8.98 Å². The third-order valence-corrected chi connectivity index (χ3v) is 10.0. The highest BCUT2D eigenvalue weighted by Gasteiger charge is 2.38. The van der Waals surface area contributed by atoms with E-state index in [9.17, 15) is 4.79 Å². The van der Waals surface area contributed by atoms with Gasteiger partial charge in [0, 0.05) is 27.9 Å². The highest BCUT2D eigenvalue weighted by atomic mass is 16.3. The molecule has 3 nitrogen and oxygen atoms in total. The zero-order valence-electron chi connectivity index (χ0n) is 27.4. The second kappa shape index (κ2) is 8.97. The SMILES string of the molecule is CC(C)(C)c1cc(C(C)(C)C)c2c(=O)c3ccc(-n4c5ccccc5c5c6c(ccc54)-c4ccccc4C6(C)C)cc3oc2c1. The Kier molecular flexibility index (Phi) is 5.56. The molecule has 0 atom stereocenters. The summed E-state index contributed by atoms with van der Waals surface area (Å²) in [6, 6.07) is 32.4. The van der Waals surface area contributed by atoms with Gasteiger partial charge in [0.05, 0.1) is 21.8 Å². The van der Waals surface area contributed by atoms with Crippen molar-refractivity contribution in [1.29, 1.82) is 0 Å². The van der Waals surface area contributed by atoms with Crippen molar-refractivity contribution in [2.24, 2.45) is 0 Å². The summed E-state index contributed by atoms with van der Waals surface area (Å²) in [7, 11) is 0. The lowest BCUT2D eigenvalue weighted by molar-refractivity contribution is 0.567. The number of aromatic nitrogens is 1. The van der Waals surface area contributed by atoms with Crippen LogP contribution in [0.3, 0.4) is 0 Å². The topological polar surface area (TPSA) is 35.1 Å². The Bertz CT molecular complexity index is 2440. The van der Waals surface area contributed by atoms with E-state index in [0.717, 1.165) is 22.3 Å². The van der Waals surface area contributed by atoms with Crippen LogP contribution in [0.25, 0.3) is 60.6 Å². The number of fused-ring (bicyclic) bond motifs is 9. The number of nitrogens with zero attached hydrogens (tertiary/aromatic N) is 1. The van der Waals surface area contributed by atoms with Gasteiger partial charge in [-0.15, -0.1) is 0 Å². The third kappa shape index (κ3) is 3.86. The van der Waals surface area contributed by atoms with Gasteiger partial charge in [-0.3, -0.25) is 4.79 Å². The summed E-state index contributed by atoms with van der Waals surface area (Å²) in [5.41, 5.74) is 11.7. The molecule has 8 rings (SSSR count). The predicted octanol–water partition coefficient (Wildman–Crippen LogP) is 10.9. The number of para-hydroxylation sites is 1. The largest absolute Gasteiger partial charge is 0.456 e. The van der Waals surface area contributed by atoms with Crippen molar-refractivity contribution in [2.75, 3.05) is 0 Å². The Hall–Kier alpha value is -4.63. The minimum Gasteiger partial charge on any atom is -0.456 e. The maximum atomic E-state index is 14.2. The molecule has 0 aliphatic heterocycles. The number of rotatable bonds is 1. The van der Waals surface area contributed by atoms with Gasteiger partial charge in [-0.05, 0) is 74.5 Å².